The van der Waals surface area contributed by atoms with Gasteiger partial charge in [0.05, 0.1) is 6.42 Å². The van der Waals surface area contributed by atoms with Crippen molar-refractivity contribution in [3.05, 3.63) is 11.6 Å². The summed E-state index contributed by atoms with van der Waals surface area (Å²) in [5.74, 6) is -0.618. The normalized spacial score (nSPS) is 13.3. The summed E-state index contributed by atoms with van der Waals surface area (Å²) in [5, 5.41) is 18.2. The van der Waals surface area contributed by atoms with Crippen LogP contribution in [0.3, 0.4) is 0 Å². The SMILES string of the molecule is CC(C)c1nc(C(=O)NC(CC(=O)O)C(C)(C)C)n[nH]1. The van der Waals surface area contributed by atoms with Crippen molar-refractivity contribution in [2.24, 2.45) is 5.41 Å². The lowest BCUT2D eigenvalue weighted by atomic mass is 9.84. The van der Waals surface area contributed by atoms with E-state index in [2.05, 4.69) is 20.5 Å². The lowest BCUT2D eigenvalue weighted by Gasteiger charge is -2.29. The van der Waals surface area contributed by atoms with Crippen LogP contribution in [0, 0.1) is 5.41 Å². The van der Waals surface area contributed by atoms with Gasteiger partial charge in [0.1, 0.15) is 5.82 Å². The Hall–Kier alpha value is -1.92. The van der Waals surface area contributed by atoms with Gasteiger partial charge in [-0.15, -0.1) is 5.10 Å². The van der Waals surface area contributed by atoms with Gasteiger partial charge in [0, 0.05) is 12.0 Å². The first-order chi connectivity index (χ1) is 9.11. The van der Waals surface area contributed by atoms with E-state index in [-0.39, 0.29) is 23.6 Å². The minimum absolute atomic E-state index is 0.0355. The van der Waals surface area contributed by atoms with Crippen molar-refractivity contribution >= 4 is 11.9 Å². The molecule has 112 valence electrons. The van der Waals surface area contributed by atoms with E-state index < -0.39 is 17.9 Å². The highest BCUT2D eigenvalue weighted by Crippen LogP contribution is 2.22. The Labute approximate surface area is 118 Å². The Morgan fingerprint density at radius 3 is 2.35 bits per heavy atom. The van der Waals surface area contributed by atoms with Gasteiger partial charge in [-0.2, -0.15) is 0 Å². The molecule has 1 atom stereocenters. The van der Waals surface area contributed by atoms with Gasteiger partial charge in [-0.1, -0.05) is 34.6 Å². The minimum Gasteiger partial charge on any atom is -0.481 e. The maximum absolute atomic E-state index is 12.1. The number of hydrogen-bond acceptors (Lipinski definition) is 4. The molecule has 7 heteroatoms. The highest BCUT2D eigenvalue weighted by molar-refractivity contribution is 5.90. The Morgan fingerprint density at radius 2 is 1.95 bits per heavy atom. The molecule has 0 aliphatic carbocycles. The number of aliphatic carboxylic acids is 1. The maximum atomic E-state index is 12.1. The van der Waals surface area contributed by atoms with Crippen LogP contribution in [0.1, 0.15) is 63.4 Å². The summed E-state index contributed by atoms with van der Waals surface area (Å²) in [6, 6.07) is -0.492. The first-order valence-electron chi connectivity index (χ1n) is 6.56. The van der Waals surface area contributed by atoms with Crippen molar-refractivity contribution < 1.29 is 14.7 Å². The first kappa shape index (κ1) is 16.1. The van der Waals surface area contributed by atoms with Crippen LogP contribution in [0.15, 0.2) is 0 Å². The number of amides is 1. The smallest absolute Gasteiger partial charge is 0.305 e. The maximum Gasteiger partial charge on any atom is 0.305 e. The Kier molecular flexibility index (Phi) is 4.86. The fourth-order valence-electron chi connectivity index (χ4n) is 1.61. The molecular formula is C13H22N4O3. The molecule has 0 bridgehead atoms. The van der Waals surface area contributed by atoms with Gasteiger partial charge in [0.15, 0.2) is 0 Å². The highest BCUT2D eigenvalue weighted by atomic mass is 16.4. The molecule has 7 nitrogen and oxygen atoms in total. The van der Waals surface area contributed by atoms with Crippen LogP contribution in [0.25, 0.3) is 0 Å². The van der Waals surface area contributed by atoms with Gasteiger partial charge in [-0.3, -0.25) is 14.7 Å². The number of carbonyl (C=O) groups is 2. The van der Waals surface area contributed by atoms with E-state index in [1.807, 2.05) is 34.6 Å². The van der Waals surface area contributed by atoms with Gasteiger partial charge in [-0.05, 0) is 5.41 Å². The fourth-order valence-corrected chi connectivity index (χ4v) is 1.61. The van der Waals surface area contributed by atoms with Gasteiger partial charge in [0.2, 0.25) is 5.82 Å². The summed E-state index contributed by atoms with van der Waals surface area (Å²) in [7, 11) is 0. The molecule has 1 rings (SSSR count). The second-order valence-corrected chi connectivity index (χ2v) is 6.19. The number of rotatable bonds is 5. The Bertz CT molecular complexity index is 488. The van der Waals surface area contributed by atoms with Crippen molar-refractivity contribution in [1.29, 1.82) is 0 Å². The van der Waals surface area contributed by atoms with Crippen molar-refractivity contribution in [3.8, 4) is 0 Å². The summed E-state index contributed by atoms with van der Waals surface area (Å²) < 4.78 is 0. The third-order valence-electron chi connectivity index (χ3n) is 2.98. The molecule has 20 heavy (non-hydrogen) atoms. The number of nitrogens with one attached hydrogen (secondary N) is 2. The number of aromatic amines is 1. The number of aromatic nitrogens is 3. The van der Waals surface area contributed by atoms with E-state index in [1.54, 1.807) is 0 Å². The molecule has 3 N–H and O–H groups in total. The fraction of sp³-hybridized carbons (Fsp3) is 0.692. The Morgan fingerprint density at radius 1 is 1.35 bits per heavy atom. The third kappa shape index (κ3) is 4.32. The molecule has 0 spiro atoms. The van der Waals surface area contributed by atoms with Crippen molar-refractivity contribution in [3.63, 3.8) is 0 Å². The summed E-state index contributed by atoms with van der Waals surface area (Å²) in [5.41, 5.74) is -0.370. The van der Waals surface area contributed by atoms with E-state index in [9.17, 15) is 9.59 Å². The largest absolute Gasteiger partial charge is 0.481 e. The van der Waals surface area contributed by atoms with E-state index in [0.717, 1.165) is 0 Å². The van der Waals surface area contributed by atoms with Crippen LogP contribution >= 0.6 is 0 Å². The van der Waals surface area contributed by atoms with Crippen LogP contribution in [0.2, 0.25) is 0 Å². The van der Waals surface area contributed by atoms with Crippen LogP contribution in [0.4, 0.5) is 0 Å². The van der Waals surface area contributed by atoms with Crippen LogP contribution < -0.4 is 5.32 Å². The lowest BCUT2D eigenvalue weighted by Crippen LogP contribution is -2.45. The van der Waals surface area contributed by atoms with E-state index in [4.69, 9.17) is 5.11 Å². The zero-order chi connectivity index (χ0) is 15.5. The molecule has 1 aromatic rings. The summed E-state index contributed by atoms with van der Waals surface area (Å²) >= 11 is 0. The third-order valence-corrected chi connectivity index (χ3v) is 2.98. The van der Waals surface area contributed by atoms with Crippen LogP contribution in [-0.2, 0) is 4.79 Å². The monoisotopic (exact) mass is 282 g/mol. The molecule has 0 aliphatic rings. The highest BCUT2D eigenvalue weighted by Gasteiger charge is 2.29. The van der Waals surface area contributed by atoms with E-state index in [0.29, 0.717) is 5.82 Å². The van der Waals surface area contributed by atoms with Gasteiger partial charge in [0.25, 0.3) is 5.91 Å². The number of carboxylic acids is 1. The van der Waals surface area contributed by atoms with Crippen molar-refractivity contribution in [2.75, 3.05) is 0 Å². The zero-order valence-corrected chi connectivity index (χ0v) is 12.5. The molecule has 1 amide bonds. The zero-order valence-electron chi connectivity index (χ0n) is 12.5. The second kappa shape index (κ2) is 6.02. The van der Waals surface area contributed by atoms with Crippen molar-refractivity contribution in [1.82, 2.24) is 20.5 Å². The molecule has 1 unspecified atom stereocenters. The van der Waals surface area contributed by atoms with E-state index >= 15 is 0 Å². The minimum atomic E-state index is -0.955. The molecule has 0 aromatic carbocycles. The molecule has 0 fully saturated rings. The first-order valence-corrected chi connectivity index (χ1v) is 6.56. The molecule has 0 aliphatic heterocycles. The molecule has 0 saturated carbocycles. The van der Waals surface area contributed by atoms with Gasteiger partial charge >= 0.3 is 5.97 Å². The molecule has 0 saturated heterocycles. The number of hydrogen-bond donors (Lipinski definition) is 3. The quantitative estimate of drug-likeness (QED) is 0.759. The average molecular weight is 282 g/mol. The van der Waals surface area contributed by atoms with Crippen LogP contribution in [0.5, 0.6) is 0 Å². The number of nitrogens with zero attached hydrogens (tertiary/aromatic N) is 2. The predicted molar refractivity (Wildman–Crippen MR) is 73.4 cm³/mol. The summed E-state index contributed by atoms with van der Waals surface area (Å²) in [4.78, 5) is 27.0. The van der Waals surface area contributed by atoms with Gasteiger partial charge < -0.3 is 10.4 Å². The standard InChI is InChI=1S/C13H22N4O3/c1-7(2)10-15-11(17-16-10)12(20)14-8(6-9(18)19)13(3,4)5/h7-8H,6H2,1-5H3,(H,14,20)(H,18,19)(H,15,16,17). The topological polar surface area (TPSA) is 108 Å². The number of H-pyrrole nitrogens is 1. The molecule has 1 aromatic heterocycles. The van der Waals surface area contributed by atoms with Crippen LogP contribution in [-0.4, -0.2) is 38.2 Å². The number of carbonyl (C=O) groups excluding carboxylic acids is 1. The van der Waals surface area contributed by atoms with Crippen molar-refractivity contribution in [2.45, 2.75) is 53.0 Å². The molecule has 0 radical (unpaired) electrons. The Balaban J connectivity index is 2.82. The predicted octanol–water partition coefficient (Wildman–Crippen LogP) is 1.55. The van der Waals surface area contributed by atoms with Gasteiger partial charge in [-0.25, -0.2) is 4.98 Å². The average Bonchev–Trinajstić information content (AvgIpc) is 2.75. The summed E-state index contributed by atoms with van der Waals surface area (Å²) in [6.07, 6.45) is -0.142. The summed E-state index contributed by atoms with van der Waals surface area (Å²) in [6.45, 7) is 9.49. The molecular weight excluding hydrogens is 260 g/mol. The van der Waals surface area contributed by atoms with E-state index in [1.165, 1.54) is 0 Å². The molecule has 1 heterocycles. The number of carboxylic acid groups (broad SMARTS) is 1. The lowest BCUT2D eigenvalue weighted by molar-refractivity contribution is -0.138. The second-order valence-electron chi connectivity index (χ2n) is 6.19.